The zero-order valence-electron chi connectivity index (χ0n) is 33.2. The van der Waals surface area contributed by atoms with Crippen molar-refractivity contribution in [3.63, 3.8) is 0 Å². The molecule has 0 saturated carbocycles. The van der Waals surface area contributed by atoms with E-state index in [1.807, 2.05) is 12.1 Å². The second-order valence-corrected chi connectivity index (χ2v) is 15.6. The maximum absolute atomic E-state index is 6.42. The van der Waals surface area contributed by atoms with Gasteiger partial charge in [-0.25, -0.2) is 0 Å². The smallest absolute Gasteiger partial charge is 0.137 e. The molecule has 0 aliphatic carbocycles. The second-order valence-electron chi connectivity index (χ2n) is 15.6. The highest BCUT2D eigenvalue weighted by Crippen LogP contribution is 2.45. The third kappa shape index (κ3) is 5.74. The van der Waals surface area contributed by atoms with E-state index in [0.29, 0.717) is 0 Å². The molecule has 0 saturated heterocycles. The summed E-state index contributed by atoms with van der Waals surface area (Å²) >= 11 is 0. The Morgan fingerprint density at radius 1 is 0.328 bits per heavy atom. The minimum atomic E-state index is 0.864. The summed E-state index contributed by atoms with van der Waals surface area (Å²) in [5.74, 6) is 0. The first-order valence-corrected chi connectivity index (χ1v) is 20.8. The Balaban J connectivity index is 0.992. The number of anilines is 3. The van der Waals surface area contributed by atoms with E-state index >= 15 is 0 Å². The molecule has 0 aliphatic heterocycles. The van der Waals surface area contributed by atoms with Gasteiger partial charge in [0.25, 0.3) is 0 Å². The van der Waals surface area contributed by atoms with Crippen LogP contribution in [-0.4, -0.2) is 4.57 Å². The largest absolute Gasteiger partial charge is 0.456 e. The van der Waals surface area contributed by atoms with Crippen LogP contribution >= 0.6 is 0 Å². The summed E-state index contributed by atoms with van der Waals surface area (Å²) in [5.41, 5.74) is 15.6. The Morgan fingerprint density at radius 2 is 0.820 bits per heavy atom. The summed E-state index contributed by atoms with van der Waals surface area (Å²) in [6, 6.07) is 82.9. The predicted molar refractivity (Wildman–Crippen MR) is 257 cm³/mol. The van der Waals surface area contributed by atoms with Gasteiger partial charge in [0.2, 0.25) is 0 Å². The third-order valence-electron chi connectivity index (χ3n) is 12.2. The lowest BCUT2D eigenvalue weighted by molar-refractivity contribution is 0.669. The molecule has 12 rings (SSSR count). The van der Waals surface area contributed by atoms with Crippen molar-refractivity contribution in [1.29, 1.82) is 0 Å². The molecular formula is C58H38N2O. The van der Waals surface area contributed by atoms with E-state index in [-0.39, 0.29) is 0 Å². The molecule has 3 nitrogen and oxygen atoms in total. The lowest BCUT2D eigenvalue weighted by atomic mass is 9.93. The molecule has 0 bridgehead atoms. The van der Waals surface area contributed by atoms with Crippen LogP contribution in [0.3, 0.4) is 0 Å². The number of para-hydroxylation sites is 4. The SMILES string of the molecule is c1ccc(-c2ccccc2-n2c3ccccc3c3ccccc32)c(-c2ccc(N(c3ccc(-c4cccc5ccccc45)cc3)c3cccc4oc5ccccc5c34)cc2)c1. The highest BCUT2D eigenvalue weighted by atomic mass is 16.3. The normalized spacial score (nSPS) is 11.6. The Hall–Kier alpha value is -8.14. The van der Waals surface area contributed by atoms with E-state index in [2.05, 4.69) is 228 Å². The van der Waals surface area contributed by atoms with Crippen molar-refractivity contribution in [3.05, 3.63) is 231 Å². The average Bonchev–Trinajstić information content (AvgIpc) is 3.88. The topological polar surface area (TPSA) is 21.3 Å². The van der Waals surface area contributed by atoms with E-state index < -0.39 is 0 Å². The summed E-state index contributed by atoms with van der Waals surface area (Å²) in [5, 5.41) is 7.18. The van der Waals surface area contributed by atoms with Gasteiger partial charge in [0, 0.05) is 33.1 Å². The van der Waals surface area contributed by atoms with E-state index in [1.165, 1.54) is 60.4 Å². The molecule has 286 valence electrons. The molecule has 10 aromatic carbocycles. The quantitative estimate of drug-likeness (QED) is 0.161. The van der Waals surface area contributed by atoms with Crippen molar-refractivity contribution in [2.24, 2.45) is 0 Å². The highest BCUT2D eigenvalue weighted by Gasteiger charge is 2.21. The van der Waals surface area contributed by atoms with Crippen LogP contribution < -0.4 is 4.90 Å². The summed E-state index contributed by atoms with van der Waals surface area (Å²) in [4.78, 5) is 2.37. The summed E-state index contributed by atoms with van der Waals surface area (Å²) < 4.78 is 8.84. The van der Waals surface area contributed by atoms with Gasteiger partial charge in [-0.05, 0) is 99.3 Å². The number of rotatable bonds is 7. The molecule has 0 radical (unpaired) electrons. The molecule has 0 unspecified atom stereocenters. The number of fused-ring (bicyclic) bond motifs is 7. The number of furan rings is 1. The van der Waals surface area contributed by atoms with Crippen molar-refractivity contribution in [1.82, 2.24) is 4.57 Å². The van der Waals surface area contributed by atoms with Crippen molar-refractivity contribution < 1.29 is 4.42 Å². The van der Waals surface area contributed by atoms with Crippen LogP contribution in [-0.2, 0) is 0 Å². The zero-order chi connectivity index (χ0) is 40.3. The molecule has 3 heteroatoms. The van der Waals surface area contributed by atoms with Crippen LogP contribution in [0.2, 0.25) is 0 Å². The number of hydrogen-bond acceptors (Lipinski definition) is 2. The molecular weight excluding hydrogens is 741 g/mol. The fourth-order valence-corrected chi connectivity index (χ4v) is 9.47. The molecule has 0 amide bonds. The molecule has 12 aromatic rings. The maximum Gasteiger partial charge on any atom is 0.137 e. The first-order valence-electron chi connectivity index (χ1n) is 20.8. The standard InChI is InChI=1S/C58H38N2O/c1-2-17-44-39(15-1)16-13-24-45(44)40-31-35-42(36-32-40)59(55-28-14-30-57-58(55)51-23-8-12-29-56(51)61-57)43-37-33-41(34-38-43)46-18-3-4-19-47(46)48-20-5-9-25-52(48)60-53-26-10-6-21-49(53)50-22-7-11-27-54(50)60/h1-38H. The summed E-state index contributed by atoms with van der Waals surface area (Å²) in [6.07, 6.45) is 0. The molecule has 2 heterocycles. The molecule has 0 spiro atoms. The monoisotopic (exact) mass is 778 g/mol. The van der Waals surface area contributed by atoms with E-state index in [9.17, 15) is 0 Å². The molecule has 0 atom stereocenters. The van der Waals surface area contributed by atoms with Gasteiger partial charge in [0.1, 0.15) is 11.2 Å². The van der Waals surface area contributed by atoms with E-state index in [1.54, 1.807) is 0 Å². The van der Waals surface area contributed by atoms with Crippen molar-refractivity contribution >= 4 is 71.6 Å². The summed E-state index contributed by atoms with van der Waals surface area (Å²) in [7, 11) is 0. The first kappa shape index (κ1) is 34.9. The zero-order valence-corrected chi connectivity index (χ0v) is 33.2. The van der Waals surface area contributed by atoms with Crippen molar-refractivity contribution in [2.75, 3.05) is 4.90 Å². The lowest BCUT2D eigenvalue weighted by Crippen LogP contribution is -2.10. The molecule has 0 N–H and O–H groups in total. The van der Waals surface area contributed by atoms with Crippen LogP contribution in [0, 0.1) is 0 Å². The lowest BCUT2D eigenvalue weighted by Gasteiger charge is -2.27. The van der Waals surface area contributed by atoms with E-state index in [4.69, 9.17) is 4.42 Å². The first-order chi connectivity index (χ1) is 30.3. The highest BCUT2D eigenvalue weighted by molar-refractivity contribution is 6.14. The minimum Gasteiger partial charge on any atom is -0.456 e. The fourth-order valence-electron chi connectivity index (χ4n) is 9.47. The molecule has 0 aliphatic rings. The van der Waals surface area contributed by atoms with Gasteiger partial charge in [-0.15, -0.1) is 0 Å². The van der Waals surface area contributed by atoms with Crippen LogP contribution in [0.1, 0.15) is 0 Å². The number of benzene rings is 10. The van der Waals surface area contributed by atoms with Gasteiger partial charge in [0.05, 0.1) is 27.8 Å². The van der Waals surface area contributed by atoms with Crippen LogP contribution in [0.5, 0.6) is 0 Å². The Kier molecular flexibility index (Phi) is 8.17. The molecule has 2 aromatic heterocycles. The minimum absolute atomic E-state index is 0.864. The van der Waals surface area contributed by atoms with Gasteiger partial charge in [-0.1, -0.05) is 170 Å². The molecule has 61 heavy (non-hydrogen) atoms. The van der Waals surface area contributed by atoms with Crippen LogP contribution in [0.4, 0.5) is 17.1 Å². The van der Waals surface area contributed by atoms with Gasteiger partial charge in [-0.3, -0.25) is 0 Å². The van der Waals surface area contributed by atoms with E-state index in [0.717, 1.165) is 50.3 Å². The Bertz CT molecular complexity index is 3530. The number of hydrogen-bond donors (Lipinski definition) is 0. The second kappa shape index (κ2) is 14.3. The average molecular weight is 779 g/mol. The van der Waals surface area contributed by atoms with Crippen LogP contribution in [0.15, 0.2) is 235 Å². The van der Waals surface area contributed by atoms with Gasteiger partial charge >= 0.3 is 0 Å². The third-order valence-corrected chi connectivity index (χ3v) is 12.2. The van der Waals surface area contributed by atoms with Crippen molar-refractivity contribution in [3.8, 4) is 39.1 Å². The Labute approximate surface area is 353 Å². The maximum atomic E-state index is 6.42. The van der Waals surface area contributed by atoms with Crippen molar-refractivity contribution in [2.45, 2.75) is 0 Å². The van der Waals surface area contributed by atoms with Gasteiger partial charge < -0.3 is 13.9 Å². The summed E-state index contributed by atoms with van der Waals surface area (Å²) in [6.45, 7) is 0. The van der Waals surface area contributed by atoms with Crippen LogP contribution in [0.25, 0.3) is 93.6 Å². The van der Waals surface area contributed by atoms with Gasteiger partial charge in [-0.2, -0.15) is 0 Å². The fraction of sp³-hybridized carbons (Fsp3) is 0. The number of nitrogens with zero attached hydrogens (tertiary/aromatic N) is 2. The van der Waals surface area contributed by atoms with Gasteiger partial charge in [0.15, 0.2) is 0 Å². The number of aromatic nitrogens is 1. The predicted octanol–water partition coefficient (Wildman–Crippen LogP) is 16.3. The molecule has 0 fully saturated rings. The Morgan fingerprint density at radius 3 is 1.54 bits per heavy atom.